The van der Waals surface area contributed by atoms with Crippen molar-refractivity contribution in [2.75, 3.05) is 5.73 Å². The van der Waals surface area contributed by atoms with Crippen molar-refractivity contribution in [1.29, 1.82) is 0 Å². The first-order chi connectivity index (χ1) is 9.15. The summed E-state index contributed by atoms with van der Waals surface area (Å²) in [4.78, 5) is 11.9. The lowest BCUT2D eigenvalue weighted by Crippen LogP contribution is -2.37. The summed E-state index contributed by atoms with van der Waals surface area (Å²) in [5.41, 5.74) is 7.62. The lowest BCUT2D eigenvalue weighted by molar-refractivity contribution is -0.122. The molecule has 0 heterocycles. The molecule has 19 heavy (non-hydrogen) atoms. The number of hydrogen-bond donors (Lipinski definition) is 2. The van der Waals surface area contributed by atoms with Gasteiger partial charge in [0, 0.05) is 18.2 Å². The molecule has 3 N–H and O–H groups in total. The Morgan fingerprint density at radius 3 is 2.84 bits per heavy atom. The molecular weight excluding hydrogens is 236 g/mol. The number of anilines is 1. The zero-order valence-electron chi connectivity index (χ0n) is 11.7. The summed E-state index contributed by atoms with van der Waals surface area (Å²) in [7, 11) is 0. The highest BCUT2D eigenvalue weighted by atomic mass is 16.1. The van der Waals surface area contributed by atoms with Crippen LogP contribution in [0.5, 0.6) is 0 Å². The molecule has 3 heteroatoms. The summed E-state index contributed by atoms with van der Waals surface area (Å²) in [6.45, 7) is 2.13. The van der Waals surface area contributed by atoms with Crippen molar-refractivity contribution in [3.8, 4) is 0 Å². The Labute approximate surface area is 115 Å². The molecule has 1 saturated carbocycles. The van der Waals surface area contributed by atoms with Gasteiger partial charge in [0.25, 0.3) is 0 Å². The average molecular weight is 260 g/mol. The molecule has 3 nitrogen and oxygen atoms in total. The zero-order valence-corrected chi connectivity index (χ0v) is 11.7. The van der Waals surface area contributed by atoms with E-state index in [0.29, 0.717) is 18.4 Å². The fourth-order valence-electron chi connectivity index (χ4n) is 2.91. The van der Waals surface area contributed by atoms with Gasteiger partial charge in [0.05, 0.1) is 0 Å². The van der Waals surface area contributed by atoms with Crippen LogP contribution in [0.15, 0.2) is 24.3 Å². The van der Waals surface area contributed by atoms with Gasteiger partial charge in [-0.2, -0.15) is 0 Å². The number of nitrogens with one attached hydrogen (secondary N) is 1. The highest BCUT2D eigenvalue weighted by Gasteiger charge is 2.22. The first-order valence-electron chi connectivity index (χ1n) is 7.29. The van der Waals surface area contributed by atoms with E-state index in [9.17, 15) is 4.79 Å². The van der Waals surface area contributed by atoms with Crippen LogP contribution in [0.1, 0.15) is 44.6 Å². The van der Waals surface area contributed by atoms with Crippen LogP contribution in [0.25, 0.3) is 0 Å². The largest absolute Gasteiger partial charge is 0.399 e. The van der Waals surface area contributed by atoms with E-state index in [4.69, 9.17) is 5.73 Å². The topological polar surface area (TPSA) is 55.1 Å². The van der Waals surface area contributed by atoms with Crippen molar-refractivity contribution >= 4 is 11.6 Å². The van der Waals surface area contributed by atoms with Crippen molar-refractivity contribution in [3.63, 3.8) is 0 Å². The summed E-state index contributed by atoms with van der Waals surface area (Å²) < 4.78 is 0. The molecule has 1 aromatic rings. The van der Waals surface area contributed by atoms with Gasteiger partial charge in [-0.3, -0.25) is 4.79 Å². The maximum Gasteiger partial charge on any atom is 0.220 e. The molecule has 1 fully saturated rings. The highest BCUT2D eigenvalue weighted by molar-refractivity contribution is 5.76. The summed E-state index contributed by atoms with van der Waals surface area (Å²) in [6, 6.07) is 8.07. The van der Waals surface area contributed by atoms with Crippen LogP contribution >= 0.6 is 0 Å². The second-order valence-corrected chi connectivity index (χ2v) is 5.65. The molecule has 0 aliphatic heterocycles. The summed E-state index contributed by atoms with van der Waals surface area (Å²) >= 11 is 0. The molecule has 1 aromatic carbocycles. The lowest BCUT2D eigenvalue weighted by Gasteiger charge is -2.20. The quantitative estimate of drug-likeness (QED) is 0.800. The number of benzene rings is 1. The first-order valence-corrected chi connectivity index (χ1v) is 7.29. The first kappa shape index (κ1) is 13.9. The predicted molar refractivity (Wildman–Crippen MR) is 78.7 cm³/mol. The van der Waals surface area contributed by atoms with Gasteiger partial charge in [-0.25, -0.2) is 0 Å². The number of nitrogens with two attached hydrogens (primary N) is 1. The summed E-state index contributed by atoms with van der Waals surface area (Å²) in [6.07, 6.45) is 6.45. The van der Waals surface area contributed by atoms with Crippen LogP contribution in [-0.2, 0) is 11.2 Å². The third-order valence-electron chi connectivity index (χ3n) is 4.09. The maximum atomic E-state index is 11.9. The highest BCUT2D eigenvalue weighted by Crippen LogP contribution is 2.27. The molecular formula is C16H24N2O. The van der Waals surface area contributed by atoms with Crippen molar-refractivity contribution in [3.05, 3.63) is 29.8 Å². The fraction of sp³-hybridized carbons (Fsp3) is 0.562. The van der Waals surface area contributed by atoms with Crippen molar-refractivity contribution in [2.24, 2.45) is 5.92 Å². The van der Waals surface area contributed by atoms with Crippen LogP contribution in [0.2, 0.25) is 0 Å². The van der Waals surface area contributed by atoms with E-state index < -0.39 is 0 Å². The second kappa shape index (κ2) is 6.60. The third-order valence-corrected chi connectivity index (χ3v) is 4.09. The van der Waals surface area contributed by atoms with E-state index in [1.165, 1.54) is 25.7 Å². The van der Waals surface area contributed by atoms with Crippen LogP contribution in [0.3, 0.4) is 0 Å². The number of carbonyl (C=O) groups is 1. The van der Waals surface area contributed by atoms with Gasteiger partial charge >= 0.3 is 0 Å². The van der Waals surface area contributed by atoms with Gasteiger partial charge in [-0.15, -0.1) is 0 Å². The molecule has 0 saturated heterocycles. The van der Waals surface area contributed by atoms with E-state index in [0.717, 1.165) is 17.7 Å². The van der Waals surface area contributed by atoms with Crippen molar-refractivity contribution in [2.45, 2.75) is 51.5 Å². The Kier molecular flexibility index (Phi) is 4.83. The SMILES string of the molecule is C[C@@H](NC(=O)CCc1cccc(N)c1)C1CCCC1. The molecule has 104 valence electrons. The van der Waals surface area contributed by atoms with Gasteiger partial charge < -0.3 is 11.1 Å². The maximum absolute atomic E-state index is 11.9. The molecule has 0 radical (unpaired) electrons. The van der Waals surface area contributed by atoms with Crippen LogP contribution in [0, 0.1) is 5.92 Å². The third kappa shape index (κ3) is 4.27. The average Bonchev–Trinajstić information content (AvgIpc) is 2.90. The minimum Gasteiger partial charge on any atom is -0.399 e. The predicted octanol–water partition coefficient (Wildman–Crippen LogP) is 2.90. The Morgan fingerprint density at radius 1 is 1.42 bits per heavy atom. The normalized spacial score (nSPS) is 17.3. The number of hydrogen-bond acceptors (Lipinski definition) is 2. The van der Waals surface area contributed by atoms with Crippen molar-refractivity contribution in [1.82, 2.24) is 5.32 Å². The van der Waals surface area contributed by atoms with Crippen LogP contribution < -0.4 is 11.1 Å². The van der Waals surface area contributed by atoms with Gasteiger partial charge in [0.2, 0.25) is 5.91 Å². The summed E-state index contributed by atoms with van der Waals surface area (Å²) in [5.74, 6) is 0.832. The molecule has 1 amide bonds. The Morgan fingerprint density at radius 2 is 2.16 bits per heavy atom. The monoisotopic (exact) mass is 260 g/mol. The molecule has 0 bridgehead atoms. The number of rotatable bonds is 5. The Hall–Kier alpha value is -1.51. The molecule has 0 aromatic heterocycles. The number of aryl methyl sites for hydroxylation is 1. The Balaban J connectivity index is 1.75. The van der Waals surface area contributed by atoms with Crippen molar-refractivity contribution < 1.29 is 4.79 Å². The lowest BCUT2D eigenvalue weighted by atomic mass is 9.99. The van der Waals surface area contributed by atoms with Crippen LogP contribution in [-0.4, -0.2) is 11.9 Å². The molecule has 1 atom stereocenters. The van der Waals surface area contributed by atoms with E-state index in [1.54, 1.807) is 0 Å². The number of nitrogen functional groups attached to an aromatic ring is 1. The second-order valence-electron chi connectivity index (χ2n) is 5.65. The minimum atomic E-state index is 0.154. The minimum absolute atomic E-state index is 0.154. The molecule has 1 aliphatic carbocycles. The standard InChI is InChI=1S/C16H24N2O/c1-12(14-6-2-3-7-14)18-16(19)10-9-13-5-4-8-15(17)11-13/h4-5,8,11-12,14H,2-3,6-7,9-10,17H2,1H3,(H,18,19)/t12-/m1/s1. The molecule has 0 unspecified atom stereocenters. The number of carbonyl (C=O) groups excluding carboxylic acids is 1. The molecule has 0 spiro atoms. The van der Waals surface area contributed by atoms with E-state index in [2.05, 4.69) is 12.2 Å². The van der Waals surface area contributed by atoms with E-state index in [-0.39, 0.29) is 5.91 Å². The zero-order chi connectivity index (χ0) is 13.7. The van der Waals surface area contributed by atoms with Gasteiger partial charge in [-0.1, -0.05) is 25.0 Å². The van der Waals surface area contributed by atoms with Crippen LogP contribution in [0.4, 0.5) is 5.69 Å². The smallest absolute Gasteiger partial charge is 0.220 e. The van der Waals surface area contributed by atoms with Gasteiger partial charge in [-0.05, 0) is 49.8 Å². The molecule has 1 aliphatic rings. The van der Waals surface area contributed by atoms with Gasteiger partial charge in [0.15, 0.2) is 0 Å². The van der Waals surface area contributed by atoms with E-state index >= 15 is 0 Å². The summed E-state index contributed by atoms with van der Waals surface area (Å²) in [5, 5.41) is 3.14. The van der Waals surface area contributed by atoms with E-state index in [1.807, 2.05) is 24.3 Å². The molecule has 2 rings (SSSR count). The Bertz CT molecular complexity index is 425. The fourth-order valence-corrected chi connectivity index (χ4v) is 2.91. The number of amides is 1. The van der Waals surface area contributed by atoms with Gasteiger partial charge in [0.1, 0.15) is 0 Å².